The summed E-state index contributed by atoms with van der Waals surface area (Å²) < 4.78 is 1.06. The number of carbonyl (C=O) groups is 1. The zero-order valence-corrected chi connectivity index (χ0v) is 16.3. The molecule has 4 rings (SSSR count). The second kappa shape index (κ2) is 7.76. The van der Waals surface area contributed by atoms with Crippen LogP contribution >= 0.6 is 23.1 Å². The van der Waals surface area contributed by atoms with Crippen LogP contribution in [-0.2, 0) is 11.3 Å². The highest BCUT2D eigenvalue weighted by Crippen LogP contribution is 2.36. The van der Waals surface area contributed by atoms with E-state index in [0.717, 1.165) is 15.2 Å². The average molecular weight is 384 g/mol. The number of aromatic nitrogens is 2. The molecule has 0 bridgehead atoms. The Balaban J connectivity index is 1.48. The fourth-order valence-corrected chi connectivity index (χ4v) is 4.99. The summed E-state index contributed by atoms with van der Waals surface area (Å²) in [5.41, 5.74) is 2.13. The first-order valence-corrected chi connectivity index (χ1v) is 10.7. The number of benzene rings is 1. The van der Waals surface area contributed by atoms with Crippen LogP contribution in [0.25, 0.3) is 10.2 Å². The van der Waals surface area contributed by atoms with E-state index in [1.807, 2.05) is 34.5 Å². The molecular formula is C20H21N3OS2. The van der Waals surface area contributed by atoms with E-state index in [4.69, 9.17) is 0 Å². The minimum Gasteiger partial charge on any atom is -0.335 e. The molecule has 2 heterocycles. The monoisotopic (exact) mass is 383 g/mol. The Labute approximate surface area is 161 Å². The van der Waals surface area contributed by atoms with E-state index in [1.165, 1.54) is 30.2 Å². The van der Waals surface area contributed by atoms with Gasteiger partial charge in [-0.2, -0.15) is 0 Å². The fourth-order valence-electron chi connectivity index (χ4n) is 3.15. The molecule has 0 radical (unpaired) electrons. The topological polar surface area (TPSA) is 46.1 Å². The lowest BCUT2D eigenvalue weighted by atomic mass is 10.1. The molecule has 0 spiro atoms. The number of nitrogens with zero attached hydrogens (tertiary/aromatic N) is 3. The molecule has 1 aromatic carbocycles. The molecule has 1 saturated carbocycles. The molecule has 4 nitrogen and oxygen atoms in total. The van der Waals surface area contributed by atoms with Gasteiger partial charge in [0.2, 0.25) is 5.91 Å². The van der Waals surface area contributed by atoms with E-state index in [9.17, 15) is 4.79 Å². The molecule has 0 N–H and O–H groups in total. The summed E-state index contributed by atoms with van der Waals surface area (Å²) in [6, 6.07) is 12.5. The molecular weight excluding hydrogens is 362 g/mol. The fraction of sp³-hybridized carbons (Fsp3) is 0.350. The van der Waals surface area contributed by atoms with Crippen LogP contribution in [0.3, 0.4) is 0 Å². The summed E-state index contributed by atoms with van der Waals surface area (Å²) in [6.07, 6.45) is 4.04. The quantitative estimate of drug-likeness (QED) is 0.441. The summed E-state index contributed by atoms with van der Waals surface area (Å²) in [7, 11) is 0. The van der Waals surface area contributed by atoms with Crippen LogP contribution in [0.15, 0.2) is 53.1 Å². The van der Waals surface area contributed by atoms with Crippen molar-refractivity contribution >= 4 is 39.2 Å². The van der Waals surface area contributed by atoms with E-state index in [2.05, 4.69) is 29.0 Å². The molecule has 6 heteroatoms. The number of carbonyl (C=O) groups excluding carboxylic acids is 1. The molecule has 1 aliphatic carbocycles. The van der Waals surface area contributed by atoms with Crippen molar-refractivity contribution in [2.75, 3.05) is 5.75 Å². The third kappa shape index (κ3) is 3.91. The number of amides is 1. The van der Waals surface area contributed by atoms with E-state index in [0.29, 0.717) is 18.2 Å². The van der Waals surface area contributed by atoms with Crippen molar-refractivity contribution in [3.8, 4) is 0 Å². The highest BCUT2D eigenvalue weighted by atomic mass is 32.2. The Bertz CT molecular complexity index is 892. The lowest BCUT2D eigenvalue weighted by Crippen LogP contribution is -2.40. The van der Waals surface area contributed by atoms with Gasteiger partial charge >= 0.3 is 0 Å². The maximum absolute atomic E-state index is 13.0. The van der Waals surface area contributed by atoms with Gasteiger partial charge in [-0.3, -0.25) is 4.79 Å². The van der Waals surface area contributed by atoms with Crippen LogP contribution in [0.2, 0.25) is 0 Å². The van der Waals surface area contributed by atoms with E-state index in [-0.39, 0.29) is 11.9 Å². The summed E-state index contributed by atoms with van der Waals surface area (Å²) in [5, 5.41) is 2.92. The first kappa shape index (κ1) is 17.5. The molecule has 1 fully saturated rings. The molecule has 134 valence electrons. The molecule has 26 heavy (non-hydrogen) atoms. The Kier molecular flexibility index (Phi) is 5.22. The maximum Gasteiger partial charge on any atom is 0.233 e. The van der Waals surface area contributed by atoms with Crippen LogP contribution < -0.4 is 0 Å². The number of thioether (sulfide) groups is 1. The number of fused-ring (bicyclic) bond motifs is 1. The average Bonchev–Trinajstić information content (AvgIpc) is 3.41. The Morgan fingerprint density at radius 3 is 2.85 bits per heavy atom. The molecule has 2 aromatic heterocycles. The van der Waals surface area contributed by atoms with Gasteiger partial charge in [0.1, 0.15) is 11.4 Å². The van der Waals surface area contributed by atoms with Crippen molar-refractivity contribution in [2.45, 2.75) is 37.4 Å². The number of hydrogen-bond donors (Lipinski definition) is 0. The van der Waals surface area contributed by atoms with Crippen LogP contribution in [-0.4, -0.2) is 32.6 Å². The Hall–Kier alpha value is -1.92. The molecule has 1 aliphatic rings. The van der Waals surface area contributed by atoms with Gasteiger partial charge in [0.25, 0.3) is 0 Å². The smallest absolute Gasteiger partial charge is 0.233 e. The van der Waals surface area contributed by atoms with Crippen molar-refractivity contribution in [3.63, 3.8) is 0 Å². The third-order valence-corrected chi connectivity index (χ3v) is 6.87. The largest absolute Gasteiger partial charge is 0.335 e. The second-order valence-electron chi connectivity index (χ2n) is 6.69. The van der Waals surface area contributed by atoms with Crippen molar-refractivity contribution in [2.24, 2.45) is 5.92 Å². The number of hydrogen-bond acceptors (Lipinski definition) is 5. The zero-order valence-electron chi connectivity index (χ0n) is 14.7. The van der Waals surface area contributed by atoms with Gasteiger partial charge in [-0.1, -0.05) is 42.1 Å². The maximum atomic E-state index is 13.0. The standard InChI is InChI=1S/C20H21N3OS2/c1-14(16-7-8-16)23(11-15-5-3-2-4-6-15)18(24)12-26-20-19-17(9-10-25-19)21-13-22-20/h2-6,9-10,13-14,16H,7-8,11-12H2,1H3. The Morgan fingerprint density at radius 1 is 1.27 bits per heavy atom. The molecule has 1 amide bonds. The second-order valence-corrected chi connectivity index (χ2v) is 8.57. The number of rotatable bonds is 7. The van der Waals surface area contributed by atoms with Crippen LogP contribution in [0.4, 0.5) is 0 Å². The normalized spacial score (nSPS) is 15.1. The minimum absolute atomic E-state index is 0.182. The summed E-state index contributed by atoms with van der Waals surface area (Å²) >= 11 is 3.15. The van der Waals surface area contributed by atoms with E-state index >= 15 is 0 Å². The van der Waals surface area contributed by atoms with Gasteiger partial charge in [0.15, 0.2) is 0 Å². The highest BCUT2D eigenvalue weighted by Gasteiger charge is 2.34. The van der Waals surface area contributed by atoms with E-state index < -0.39 is 0 Å². The van der Waals surface area contributed by atoms with E-state index in [1.54, 1.807) is 17.7 Å². The van der Waals surface area contributed by atoms with Gasteiger partial charge in [-0.25, -0.2) is 9.97 Å². The van der Waals surface area contributed by atoms with Crippen LogP contribution in [0, 0.1) is 5.92 Å². The number of thiophene rings is 1. The lowest BCUT2D eigenvalue weighted by molar-refractivity contribution is -0.131. The third-order valence-electron chi connectivity index (χ3n) is 4.85. The first-order valence-electron chi connectivity index (χ1n) is 8.87. The minimum atomic E-state index is 0.182. The van der Waals surface area contributed by atoms with Gasteiger partial charge < -0.3 is 4.90 Å². The van der Waals surface area contributed by atoms with Crippen molar-refractivity contribution in [1.29, 1.82) is 0 Å². The van der Waals surface area contributed by atoms with Crippen molar-refractivity contribution in [3.05, 3.63) is 53.7 Å². The molecule has 0 saturated heterocycles. The summed E-state index contributed by atoms with van der Waals surface area (Å²) in [6.45, 7) is 2.86. The summed E-state index contributed by atoms with van der Waals surface area (Å²) in [4.78, 5) is 23.7. The SMILES string of the molecule is CC(C1CC1)N(Cc1ccccc1)C(=O)CSc1ncnc2ccsc12. The van der Waals surface area contributed by atoms with Crippen LogP contribution in [0.5, 0.6) is 0 Å². The van der Waals surface area contributed by atoms with Gasteiger partial charge in [-0.15, -0.1) is 11.3 Å². The van der Waals surface area contributed by atoms with Crippen LogP contribution in [0.1, 0.15) is 25.3 Å². The van der Waals surface area contributed by atoms with Crippen molar-refractivity contribution < 1.29 is 4.79 Å². The van der Waals surface area contributed by atoms with Gasteiger partial charge in [0.05, 0.1) is 16.0 Å². The predicted molar refractivity (Wildman–Crippen MR) is 107 cm³/mol. The summed E-state index contributed by atoms with van der Waals surface area (Å²) in [5.74, 6) is 1.24. The van der Waals surface area contributed by atoms with Crippen molar-refractivity contribution in [1.82, 2.24) is 14.9 Å². The molecule has 1 unspecified atom stereocenters. The molecule has 0 aliphatic heterocycles. The predicted octanol–water partition coefficient (Wildman–Crippen LogP) is 4.61. The Morgan fingerprint density at radius 2 is 2.08 bits per heavy atom. The molecule has 3 aromatic rings. The molecule has 1 atom stereocenters. The first-order chi connectivity index (χ1) is 12.7. The highest BCUT2D eigenvalue weighted by molar-refractivity contribution is 8.00. The van der Waals surface area contributed by atoms with Gasteiger partial charge in [0, 0.05) is 12.6 Å². The zero-order chi connectivity index (χ0) is 17.9. The van der Waals surface area contributed by atoms with Gasteiger partial charge in [-0.05, 0) is 42.7 Å². The lowest BCUT2D eigenvalue weighted by Gasteiger charge is -2.29.